The van der Waals surface area contributed by atoms with Gasteiger partial charge in [0.2, 0.25) is 0 Å². The van der Waals surface area contributed by atoms with Crippen LogP contribution >= 0.6 is 0 Å². The maximum Gasteiger partial charge on any atom is 0.317 e. The third-order valence-corrected chi connectivity index (χ3v) is 4.83. The number of carboxylic acid groups (broad SMARTS) is 1. The van der Waals surface area contributed by atoms with E-state index in [0.717, 1.165) is 29.3 Å². The SMILES string of the molecule is CCN(CC(=O)O)C1CC(NC(=O)NCc2ccc3ncccc3c2)C1. The number of benzene rings is 1. The van der Waals surface area contributed by atoms with E-state index in [2.05, 4.69) is 15.6 Å². The van der Waals surface area contributed by atoms with Gasteiger partial charge in [-0.05, 0) is 43.1 Å². The maximum absolute atomic E-state index is 12.1. The number of amides is 2. The van der Waals surface area contributed by atoms with Gasteiger partial charge in [-0.15, -0.1) is 0 Å². The number of pyridine rings is 1. The largest absolute Gasteiger partial charge is 0.480 e. The Morgan fingerprint density at radius 3 is 2.85 bits per heavy atom. The predicted molar refractivity (Wildman–Crippen MR) is 98.8 cm³/mol. The summed E-state index contributed by atoms with van der Waals surface area (Å²) in [5.74, 6) is -0.813. The van der Waals surface area contributed by atoms with Gasteiger partial charge in [-0.1, -0.05) is 19.1 Å². The predicted octanol–water partition coefficient (Wildman–Crippen LogP) is 1.97. The molecule has 26 heavy (non-hydrogen) atoms. The minimum absolute atomic E-state index is 0.0525. The molecule has 1 aromatic carbocycles. The average Bonchev–Trinajstić information content (AvgIpc) is 2.60. The van der Waals surface area contributed by atoms with Crippen LogP contribution in [0.15, 0.2) is 36.5 Å². The molecular weight excluding hydrogens is 332 g/mol. The fraction of sp³-hybridized carbons (Fsp3) is 0.421. The first-order chi connectivity index (χ1) is 12.5. The van der Waals surface area contributed by atoms with Gasteiger partial charge in [0.05, 0.1) is 12.1 Å². The molecule has 0 spiro atoms. The lowest BCUT2D eigenvalue weighted by Gasteiger charge is -2.42. The highest BCUT2D eigenvalue weighted by atomic mass is 16.4. The summed E-state index contributed by atoms with van der Waals surface area (Å²) < 4.78 is 0. The number of carbonyl (C=O) groups excluding carboxylic acids is 1. The lowest BCUT2D eigenvalue weighted by Crippen LogP contribution is -2.56. The van der Waals surface area contributed by atoms with Crippen molar-refractivity contribution >= 4 is 22.9 Å². The fourth-order valence-corrected chi connectivity index (χ4v) is 3.33. The topological polar surface area (TPSA) is 94.6 Å². The molecule has 1 saturated carbocycles. The highest BCUT2D eigenvalue weighted by Crippen LogP contribution is 2.25. The minimum atomic E-state index is -0.813. The van der Waals surface area contributed by atoms with Gasteiger partial charge < -0.3 is 15.7 Å². The summed E-state index contributed by atoms with van der Waals surface area (Å²) in [6, 6.07) is 9.95. The third-order valence-electron chi connectivity index (χ3n) is 4.83. The van der Waals surface area contributed by atoms with Gasteiger partial charge in [0.25, 0.3) is 0 Å². The molecule has 7 nitrogen and oxygen atoms in total. The lowest BCUT2D eigenvalue weighted by molar-refractivity contribution is -0.139. The number of hydrogen-bond acceptors (Lipinski definition) is 4. The standard InChI is InChI=1S/C19H24N4O3/c1-2-23(12-18(24)25)16-9-15(10-16)22-19(26)21-11-13-5-6-17-14(8-13)4-3-7-20-17/h3-8,15-16H,2,9-12H2,1H3,(H,24,25)(H2,21,22,26). The molecule has 1 heterocycles. The first-order valence-corrected chi connectivity index (χ1v) is 8.89. The molecule has 0 unspecified atom stereocenters. The van der Waals surface area contributed by atoms with Crippen molar-refractivity contribution in [2.45, 2.75) is 38.4 Å². The quantitative estimate of drug-likeness (QED) is 0.705. The molecule has 0 aliphatic heterocycles. The van der Waals surface area contributed by atoms with Crippen molar-refractivity contribution in [3.63, 3.8) is 0 Å². The number of urea groups is 1. The molecule has 2 aromatic rings. The summed E-state index contributed by atoms with van der Waals surface area (Å²) >= 11 is 0. The van der Waals surface area contributed by atoms with Crippen LogP contribution in [-0.4, -0.2) is 52.2 Å². The van der Waals surface area contributed by atoms with Crippen molar-refractivity contribution in [3.05, 3.63) is 42.1 Å². The molecule has 1 aliphatic rings. The van der Waals surface area contributed by atoms with Gasteiger partial charge in [-0.3, -0.25) is 14.7 Å². The van der Waals surface area contributed by atoms with Crippen molar-refractivity contribution in [2.75, 3.05) is 13.1 Å². The second kappa shape index (κ2) is 8.14. The molecular formula is C19H24N4O3. The first-order valence-electron chi connectivity index (χ1n) is 8.89. The summed E-state index contributed by atoms with van der Waals surface area (Å²) in [4.78, 5) is 29.1. The number of carboxylic acids is 1. The van der Waals surface area contributed by atoms with Gasteiger partial charge in [0.15, 0.2) is 0 Å². The normalized spacial score (nSPS) is 19.2. The van der Waals surface area contributed by atoms with E-state index in [1.807, 2.05) is 42.2 Å². The molecule has 3 rings (SSSR count). The van der Waals surface area contributed by atoms with E-state index in [9.17, 15) is 9.59 Å². The number of rotatable bonds is 7. The molecule has 138 valence electrons. The lowest BCUT2D eigenvalue weighted by atomic mass is 9.85. The number of nitrogens with one attached hydrogen (secondary N) is 2. The van der Waals surface area contributed by atoms with Crippen LogP contribution in [0, 0.1) is 0 Å². The van der Waals surface area contributed by atoms with Crippen LogP contribution in [0.3, 0.4) is 0 Å². The fourth-order valence-electron chi connectivity index (χ4n) is 3.33. The van der Waals surface area contributed by atoms with Crippen LogP contribution in [-0.2, 0) is 11.3 Å². The molecule has 2 amide bonds. The molecule has 0 bridgehead atoms. The molecule has 3 N–H and O–H groups in total. The van der Waals surface area contributed by atoms with Crippen LogP contribution in [0.2, 0.25) is 0 Å². The monoisotopic (exact) mass is 356 g/mol. The first kappa shape index (κ1) is 18.1. The Morgan fingerprint density at radius 1 is 1.31 bits per heavy atom. The summed E-state index contributed by atoms with van der Waals surface area (Å²) in [6.45, 7) is 3.16. The molecule has 1 fully saturated rings. The maximum atomic E-state index is 12.1. The Kier molecular flexibility index (Phi) is 5.68. The zero-order chi connectivity index (χ0) is 18.5. The summed E-state index contributed by atoms with van der Waals surface area (Å²) in [5, 5.41) is 15.8. The highest BCUT2D eigenvalue weighted by molar-refractivity contribution is 5.79. The second-order valence-electron chi connectivity index (χ2n) is 6.64. The van der Waals surface area contributed by atoms with Gasteiger partial charge in [-0.25, -0.2) is 4.79 Å². The zero-order valence-electron chi connectivity index (χ0n) is 14.8. The number of fused-ring (bicyclic) bond motifs is 1. The van der Waals surface area contributed by atoms with Crippen LogP contribution in [0.4, 0.5) is 4.79 Å². The van der Waals surface area contributed by atoms with Crippen molar-refractivity contribution in [3.8, 4) is 0 Å². The van der Waals surface area contributed by atoms with Crippen molar-refractivity contribution in [1.29, 1.82) is 0 Å². The Balaban J connectivity index is 1.43. The van der Waals surface area contributed by atoms with Crippen LogP contribution in [0.25, 0.3) is 10.9 Å². The van der Waals surface area contributed by atoms with E-state index in [0.29, 0.717) is 13.1 Å². The van der Waals surface area contributed by atoms with E-state index in [1.54, 1.807) is 6.20 Å². The Labute approximate surface area is 152 Å². The highest BCUT2D eigenvalue weighted by Gasteiger charge is 2.34. The van der Waals surface area contributed by atoms with Crippen LogP contribution < -0.4 is 10.6 Å². The summed E-state index contributed by atoms with van der Waals surface area (Å²) in [7, 11) is 0. The molecule has 7 heteroatoms. The van der Waals surface area contributed by atoms with Crippen LogP contribution in [0.5, 0.6) is 0 Å². The van der Waals surface area contributed by atoms with Gasteiger partial charge in [-0.2, -0.15) is 0 Å². The summed E-state index contributed by atoms with van der Waals surface area (Å²) in [6.07, 6.45) is 3.34. The Hall–Kier alpha value is -2.67. The van der Waals surface area contributed by atoms with Gasteiger partial charge in [0.1, 0.15) is 0 Å². The van der Waals surface area contributed by atoms with Crippen LogP contribution in [0.1, 0.15) is 25.3 Å². The molecule has 1 aromatic heterocycles. The molecule has 0 saturated heterocycles. The van der Waals surface area contributed by atoms with E-state index < -0.39 is 5.97 Å². The number of nitrogens with zero attached hydrogens (tertiary/aromatic N) is 2. The number of carbonyl (C=O) groups is 2. The number of aromatic nitrogens is 1. The Morgan fingerprint density at radius 2 is 2.12 bits per heavy atom. The molecule has 0 radical (unpaired) electrons. The van der Waals surface area contributed by atoms with Crippen molar-refractivity contribution in [2.24, 2.45) is 0 Å². The Bertz CT molecular complexity index is 789. The minimum Gasteiger partial charge on any atom is -0.480 e. The zero-order valence-corrected chi connectivity index (χ0v) is 14.8. The molecule has 0 atom stereocenters. The average molecular weight is 356 g/mol. The van der Waals surface area contributed by atoms with E-state index in [1.165, 1.54) is 0 Å². The second-order valence-corrected chi connectivity index (χ2v) is 6.64. The third kappa shape index (κ3) is 4.49. The number of hydrogen-bond donors (Lipinski definition) is 3. The van der Waals surface area contributed by atoms with Crippen molar-refractivity contribution < 1.29 is 14.7 Å². The number of likely N-dealkylation sites (N-methyl/N-ethyl adjacent to an activating group) is 1. The van der Waals surface area contributed by atoms with E-state index in [-0.39, 0.29) is 24.7 Å². The van der Waals surface area contributed by atoms with E-state index >= 15 is 0 Å². The van der Waals surface area contributed by atoms with Gasteiger partial charge in [0, 0.05) is 30.2 Å². The molecule has 1 aliphatic carbocycles. The number of aliphatic carboxylic acids is 1. The summed E-state index contributed by atoms with van der Waals surface area (Å²) in [5.41, 5.74) is 1.95. The van der Waals surface area contributed by atoms with Gasteiger partial charge >= 0.3 is 12.0 Å². The van der Waals surface area contributed by atoms with Crippen molar-refractivity contribution in [1.82, 2.24) is 20.5 Å². The smallest absolute Gasteiger partial charge is 0.317 e. The van der Waals surface area contributed by atoms with E-state index in [4.69, 9.17) is 5.11 Å².